The number of fused-ring (bicyclic) bond motifs is 1. The van der Waals surface area contributed by atoms with Gasteiger partial charge in [-0.2, -0.15) is 0 Å². The normalized spacial score (nSPS) is 19.0. The predicted octanol–water partition coefficient (Wildman–Crippen LogP) is 5.46. The standard InChI is InChI=1S/C20H27N/c1-3-20(12-6-7-13-20)15-21-16(2)18-11-10-17-8-4-5-9-19(17)14-18/h4-5,8-11,14,16,21H,3,6-7,12-13,15H2,1-2H3. The molecule has 2 aromatic rings. The second kappa shape index (κ2) is 6.19. The van der Waals surface area contributed by atoms with E-state index in [1.54, 1.807) is 0 Å². The van der Waals surface area contributed by atoms with Gasteiger partial charge in [0, 0.05) is 12.6 Å². The number of hydrogen-bond acceptors (Lipinski definition) is 1. The van der Waals surface area contributed by atoms with E-state index in [0.717, 1.165) is 6.54 Å². The number of benzene rings is 2. The molecule has 1 nitrogen and oxygen atoms in total. The smallest absolute Gasteiger partial charge is 0.0292 e. The van der Waals surface area contributed by atoms with Gasteiger partial charge in [-0.3, -0.25) is 0 Å². The topological polar surface area (TPSA) is 12.0 Å². The van der Waals surface area contributed by atoms with Crippen LogP contribution in [0.4, 0.5) is 0 Å². The summed E-state index contributed by atoms with van der Waals surface area (Å²) in [5, 5.41) is 6.47. The summed E-state index contributed by atoms with van der Waals surface area (Å²) >= 11 is 0. The number of hydrogen-bond donors (Lipinski definition) is 1. The molecular weight excluding hydrogens is 254 g/mol. The van der Waals surface area contributed by atoms with Crippen molar-refractivity contribution >= 4 is 10.8 Å². The van der Waals surface area contributed by atoms with E-state index in [1.807, 2.05) is 0 Å². The van der Waals surface area contributed by atoms with Crippen LogP contribution in [0.15, 0.2) is 42.5 Å². The summed E-state index contributed by atoms with van der Waals surface area (Å²) in [6.45, 7) is 5.81. The van der Waals surface area contributed by atoms with Crippen molar-refractivity contribution < 1.29 is 0 Å². The molecule has 1 atom stereocenters. The maximum absolute atomic E-state index is 3.80. The molecular formula is C20H27N. The van der Waals surface area contributed by atoms with E-state index in [1.165, 1.54) is 48.4 Å². The summed E-state index contributed by atoms with van der Waals surface area (Å²) < 4.78 is 0. The molecule has 1 saturated carbocycles. The second-order valence-corrected chi connectivity index (χ2v) is 6.77. The first-order chi connectivity index (χ1) is 10.2. The van der Waals surface area contributed by atoms with Gasteiger partial charge >= 0.3 is 0 Å². The Morgan fingerprint density at radius 2 is 1.76 bits per heavy atom. The van der Waals surface area contributed by atoms with Gasteiger partial charge in [-0.15, -0.1) is 0 Å². The van der Waals surface area contributed by atoms with Gasteiger partial charge in [0.25, 0.3) is 0 Å². The van der Waals surface area contributed by atoms with Crippen molar-refractivity contribution in [1.29, 1.82) is 0 Å². The SMILES string of the molecule is CCC1(CNC(C)c2ccc3ccccc3c2)CCCC1. The van der Waals surface area contributed by atoms with Crippen LogP contribution in [0.1, 0.15) is 57.6 Å². The van der Waals surface area contributed by atoms with Gasteiger partial charge < -0.3 is 5.32 Å². The van der Waals surface area contributed by atoms with Gasteiger partial charge in [0.1, 0.15) is 0 Å². The van der Waals surface area contributed by atoms with Crippen molar-refractivity contribution in [3.63, 3.8) is 0 Å². The molecule has 1 aliphatic carbocycles. The first-order valence-corrected chi connectivity index (χ1v) is 8.44. The van der Waals surface area contributed by atoms with Crippen molar-refractivity contribution in [2.45, 2.75) is 52.0 Å². The van der Waals surface area contributed by atoms with Crippen LogP contribution >= 0.6 is 0 Å². The van der Waals surface area contributed by atoms with E-state index in [0.29, 0.717) is 11.5 Å². The zero-order chi connectivity index (χ0) is 14.7. The van der Waals surface area contributed by atoms with Gasteiger partial charge in [0.2, 0.25) is 0 Å². The average Bonchev–Trinajstić information content (AvgIpc) is 3.01. The Balaban J connectivity index is 1.70. The molecule has 1 aliphatic rings. The van der Waals surface area contributed by atoms with Crippen molar-refractivity contribution in [3.05, 3.63) is 48.0 Å². The minimum atomic E-state index is 0.429. The lowest BCUT2D eigenvalue weighted by Gasteiger charge is -2.30. The first kappa shape index (κ1) is 14.6. The van der Waals surface area contributed by atoms with Gasteiger partial charge in [-0.1, -0.05) is 56.2 Å². The molecule has 0 bridgehead atoms. The Hall–Kier alpha value is -1.34. The maximum Gasteiger partial charge on any atom is 0.0292 e. The predicted molar refractivity (Wildman–Crippen MR) is 91.6 cm³/mol. The number of rotatable bonds is 5. The highest BCUT2D eigenvalue weighted by Gasteiger charge is 2.31. The molecule has 21 heavy (non-hydrogen) atoms. The maximum atomic E-state index is 3.80. The quantitative estimate of drug-likeness (QED) is 0.767. The third kappa shape index (κ3) is 3.13. The summed E-state index contributed by atoms with van der Waals surface area (Å²) in [7, 11) is 0. The van der Waals surface area contributed by atoms with Crippen molar-refractivity contribution in [1.82, 2.24) is 5.32 Å². The van der Waals surface area contributed by atoms with Crippen LogP contribution in [0.5, 0.6) is 0 Å². The molecule has 2 aromatic carbocycles. The van der Waals surface area contributed by atoms with Gasteiger partial charge in [0.05, 0.1) is 0 Å². The van der Waals surface area contributed by atoms with Crippen LogP contribution < -0.4 is 5.32 Å². The van der Waals surface area contributed by atoms with Crippen LogP contribution in [0.25, 0.3) is 10.8 Å². The molecule has 1 N–H and O–H groups in total. The lowest BCUT2D eigenvalue weighted by Crippen LogP contribution is -2.33. The zero-order valence-corrected chi connectivity index (χ0v) is 13.4. The molecule has 3 rings (SSSR count). The zero-order valence-electron chi connectivity index (χ0n) is 13.4. The van der Waals surface area contributed by atoms with Crippen LogP contribution in [0.2, 0.25) is 0 Å². The van der Waals surface area contributed by atoms with Crippen molar-refractivity contribution in [2.75, 3.05) is 6.54 Å². The molecule has 0 amide bonds. The Morgan fingerprint density at radius 1 is 1.05 bits per heavy atom. The molecule has 0 spiro atoms. The second-order valence-electron chi connectivity index (χ2n) is 6.77. The monoisotopic (exact) mass is 281 g/mol. The van der Waals surface area contributed by atoms with E-state index in [4.69, 9.17) is 0 Å². The van der Waals surface area contributed by atoms with E-state index in [-0.39, 0.29) is 0 Å². The van der Waals surface area contributed by atoms with Crippen LogP contribution in [-0.2, 0) is 0 Å². The largest absolute Gasteiger partial charge is 0.310 e. The minimum absolute atomic E-state index is 0.429. The molecule has 0 saturated heterocycles. The van der Waals surface area contributed by atoms with Gasteiger partial charge in [-0.25, -0.2) is 0 Å². The Bertz CT molecular complexity index is 596. The molecule has 0 aromatic heterocycles. The summed E-state index contributed by atoms with van der Waals surface area (Å²) in [6, 6.07) is 15.9. The third-order valence-corrected chi connectivity index (χ3v) is 5.47. The first-order valence-electron chi connectivity index (χ1n) is 8.44. The summed E-state index contributed by atoms with van der Waals surface area (Å²) in [5.41, 5.74) is 1.96. The van der Waals surface area contributed by atoms with E-state index in [2.05, 4.69) is 61.6 Å². The van der Waals surface area contributed by atoms with E-state index in [9.17, 15) is 0 Å². The highest BCUT2D eigenvalue weighted by Crippen LogP contribution is 2.40. The molecule has 1 heteroatoms. The van der Waals surface area contributed by atoms with Crippen molar-refractivity contribution in [3.8, 4) is 0 Å². The highest BCUT2D eigenvalue weighted by atomic mass is 14.9. The molecule has 0 aliphatic heterocycles. The van der Waals surface area contributed by atoms with Crippen molar-refractivity contribution in [2.24, 2.45) is 5.41 Å². The molecule has 112 valence electrons. The van der Waals surface area contributed by atoms with Gasteiger partial charge in [0.15, 0.2) is 0 Å². The average molecular weight is 281 g/mol. The number of nitrogens with one attached hydrogen (secondary N) is 1. The summed E-state index contributed by atoms with van der Waals surface area (Å²) in [5.74, 6) is 0. The fourth-order valence-electron chi connectivity index (χ4n) is 3.74. The van der Waals surface area contributed by atoms with E-state index >= 15 is 0 Å². The summed E-state index contributed by atoms with van der Waals surface area (Å²) in [6.07, 6.45) is 6.95. The minimum Gasteiger partial charge on any atom is -0.310 e. The Kier molecular flexibility index (Phi) is 4.30. The lowest BCUT2D eigenvalue weighted by molar-refractivity contribution is 0.259. The fraction of sp³-hybridized carbons (Fsp3) is 0.500. The van der Waals surface area contributed by atoms with Crippen LogP contribution in [0.3, 0.4) is 0 Å². The van der Waals surface area contributed by atoms with E-state index < -0.39 is 0 Å². The fourth-order valence-corrected chi connectivity index (χ4v) is 3.74. The molecule has 0 radical (unpaired) electrons. The van der Waals surface area contributed by atoms with Gasteiger partial charge in [-0.05, 0) is 54.0 Å². The third-order valence-electron chi connectivity index (χ3n) is 5.47. The van der Waals surface area contributed by atoms with Crippen LogP contribution in [-0.4, -0.2) is 6.54 Å². The molecule has 0 heterocycles. The molecule has 1 fully saturated rings. The summed E-state index contributed by atoms with van der Waals surface area (Å²) in [4.78, 5) is 0. The van der Waals surface area contributed by atoms with Crippen LogP contribution in [0, 0.1) is 5.41 Å². The Morgan fingerprint density at radius 3 is 2.48 bits per heavy atom. The molecule has 1 unspecified atom stereocenters. The highest BCUT2D eigenvalue weighted by molar-refractivity contribution is 5.83. The lowest BCUT2D eigenvalue weighted by atomic mass is 9.83. The Labute approximate surface area is 128 Å².